The van der Waals surface area contributed by atoms with Crippen molar-refractivity contribution in [2.75, 3.05) is 11.9 Å². The number of halogens is 2. The van der Waals surface area contributed by atoms with E-state index in [1.807, 2.05) is 13.8 Å². The molecule has 0 radical (unpaired) electrons. The minimum absolute atomic E-state index is 0.138. The van der Waals surface area contributed by atoms with Crippen LogP contribution < -0.4 is 10.6 Å². The van der Waals surface area contributed by atoms with Crippen molar-refractivity contribution in [3.63, 3.8) is 0 Å². The number of aromatic amines is 1. The quantitative estimate of drug-likeness (QED) is 0.622. The van der Waals surface area contributed by atoms with E-state index < -0.39 is 24.4 Å². The number of rotatable bonds is 7. The van der Waals surface area contributed by atoms with Crippen molar-refractivity contribution >= 4 is 22.8 Å². The largest absolute Gasteiger partial charge is 0.391 e. The van der Waals surface area contributed by atoms with Gasteiger partial charge in [0.2, 0.25) is 0 Å². The number of benzene rings is 1. The third kappa shape index (κ3) is 4.41. The van der Waals surface area contributed by atoms with Gasteiger partial charge in [-0.3, -0.25) is 0 Å². The summed E-state index contributed by atoms with van der Waals surface area (Å²) in [5.41, 5.74) is 1.27. The number of alkyl halides is 2. The summed E-state index contributed by atoms with van der Waals surface area (Å²) in [6.45, 7) is 4.13. The van der Waals surface area contributed by atoms with Gasteiger partial charge in [-0.15, -0.1) is 0 Å². The molecule has 2 aromatic rings. The Morgan fingerprint density at radius 3 is 2.67 bits per heavy atom. The van der Waals surface area contributed by atoms with Gasteiger partial charge >= 0.3 is 6.03 Å². The van der Waals surface area contributed by atoms with Crippen molar-refractivity contribution in [1.29, 1.82) is 0 Å². The zero-order chi connectivity index (χ0) is 17.7. The molecule has 0 saturated carbocycles. The highest BCUT2D eigenvalue weighted by molar-refractivity contribution is 5.91. The van der Waals surface area contributed by atoms with Crippen molar-refractivity contribution < 1.29 is 18.7 Å². The van der Waals surface area contributed by atoms with E-state index in [0.717, 1.165) is 12.8 Å². The highest BCUT2D eigenvalue weighted by Crippen LogP contribution is 2.22. The summed E-state index contributed by atoms with van der Waals surface area (Å²) < 4.78 is 25.2. The molecule has 0 aliphatic heterocycles. The molecule has 4 N–H and O–H groups in total. The summed E-state index contributed by atoms with van der Waals surface area (Å²) in [6, 6.07) is 4.19. The lowest BCUT2D eigenvalue weighted by Crippen LogP contribution is -2.38. The molecule has 0 aliphatic rings. The Balaban J connectivity index is 1.95. The van der Waals surface area contributed by atoms with Crippen LogP contribution in [0.4, 0.5) is 19.3 Å². The molecule has 1 atom stereocenters. The van der Waals surface area contributed by atoms with Crippen molar-refractivity contribution in [2.24, 2.45) is 5.92 Å². The SMILES string of the molecule is CCC(CC)C(O)CNC(=O)Nc1ccc2nc(C(F)F)[nH]c2c1. The number of amides is 2. The van der Waals surface area contributed by atoms with Gasteiger partial charge in [-0.25, -0.2) is 18.6 Å². The number of nitrogens with one attached hydrogen (secondary N) is 3. The Morgan fingerprint density at radius 1 is 1.33 bits per heavy atom. The first kappa shape index (κ1) is 18.1. The zero-order valence-corrected chi connectivity index (χ0v) is 13.6. The number of imidazole rings is 1. The van der Waals surface area contributed by atoms with E-state index in [-0.39, 0.29) is 12.5 Å². The van der Waals surface area contributed by atoms with Gasteiger partial charge in [0.25, 0.3) is 6.43 Å². The first-order valence-electron chi connectivity index (χ1n) is 7.95. The number of nitrogens with zero attached hydrogens (tertiary/aromatic N) is 1. The number of carbonyl (C=O) groups is 1. The number of anilines is 1. The molecular weight excluding hydrogens is 318 g/mol. The van der Waals surface area contributed by atoms with Gasteiger partial charge in [0.1, 0.15) is 0 Å². The maximum atomic E-state index is 12.6. The summed E-state index contributed by atoms with van der Waals surface area (Å²) in [4.78, 5) is 18.2. The fourth-order valence-electron chi connectivity index (χ4n) is 2.58. The number of aromatic nitrogens is 2. The van der Waals surface area contributed by atoms with Crippen LogP contribution in [-0.2, 0) is 0 Å². The third-order valence-corrected chi connectivity index (χ3v) is 4.03. The summed E-state index contributed by atoms with van der Waals surface area (Å²) in [6.07, 6.45) is -1.61. The van der Waals surface area contributed by atoms with Gasteiger partial charge in [-0.05, 0) is 24.1 Å². The maximum absolute atomic E-state index is 12.6. The van der Waals surface area contributed by atoms with Gasteiger partial charge in [-0.1, -0.05) is 26.7 Å². The van der Waals surface area contributed by atoms with Crippen molar-refractivity contribution in [3.05, 3.63) is 24.0 Å². The van der Waals surface area contributed by atoms with E-state index in [9.17, 15) is 18.7 Å². The molecule has 2 amide bonds. The summed E-state index contributed by atoms with van der Waals surface area (Å²) >= 11 is 0. The minimum Gasteiger partial charge on any atom is -0.391 e. The summed E-state index contributed by atoms with van der Waals surface area (Å²) in [5, 5.41) is 15.2. The molecule has 8 heteroatoms. The Labute approximate surface area is 138 Å². The third-order valence-electron chi connectivity index (χ3n) is 4.03. The number of aliphatic hydroxyl groups is 1. The molecular formula is C16H22F2N4O2. The van der Waals surface area contributed by atoms with Crippen LogP contribution in [0.25, 0.3) is 11.0 Å². The van der Waals surface area contributed by atoms with E-state index in [4.69, 9.17) is 0 Å². The minimum atomic E-state index is -2.68. The molecule has 24 heavy (non-hydrogen) atoms. The predicted octanol–water partition coefficient (Wildman–Crippen LogP) is 3.42. The molecule has 1 aromatic heterocycles. The molecule has 0 spiro atoms. The number of hydrogen-bond donors (Lipinski definition) is 4. The van der Waals surface area contributed by atoms with Gasteiger partial charge < -0.3 is 20.7 Å². The first-order valence-corrected chi connectivity index (χ1v) is 7.95. The van der Waals surface area contributed by atoms with Crippen molar-refractivity contribution in [1.82, 2.24) is 15.3 Å². The Bertz CT molecular complexity index is 686. The van der Waals surface area contributed by atoms with Crippen LogP contribution in [0.15, 0.2) is 18.2 Å². The topological polar surface area (TPSA) is 90.0 Å². The van der Waals surface area contributed by atoms with Crippen LogP contribution in [-0.4, -0.2) is 33.8 Å². The lowest BCUT2D eigenvalue weighted by atomic mass is 9.97. The predicted molar refractivity (Wildman–Crippen MR) is 88.2 cm³/mol. The van der Waals surface area contributed by atoms with Crippen molar-refractivity contribution in [2.45, 2.75) is 39.2 Å². The average Bonchev–Trinajstić information content (AvgIpc) is 2.97. The van der Waals surface area contributed by atoms with E-state index in [2.05, 4.69) is 20.6 Å². The molecule has 0 fully saturated rings. The van der Waals surface area contributed by atoms with Crippen LogP contribution in [0.1, 0.15) is 38.9 Å². The van der Waals surface area contributed by atoms with Crippen LogP contribution in [0.2, 0.25) is 0 Å². The number of fused-ring (bicyclic) bond motifs is 1. The van der Waals surface area contributed by atoms with E-state index in [0.29, 0.717) is 16.7 Å². The molecule has 1 unspecified atom stereocenters. The normalized spacial score (nSPS) is 12.8. The number of urea groups is 1. The zero-order valence-electron chi connectivity index (χ0n) is 13.6. The van der Waals surface area contributed by atoms with E-state index in [1.54, 1.807) is 12.1 Å². The molecule has 0 aliphatic carbocycles. The molecule has 1 aromatic carbocycles. The van der Waals surface area contributed by atoms with E-state index in [1.165, 1.54) is 6.07 Å². The smallest absolute Gasteiger partial charge is 0.319 e. The van der Waals surface area contributed by atoms with E-state index >= 15 is 0 Å². The Kier molecular flexibility index (Phi) is 6.08. The van der Waals surface area contributed by atoms with Crippen LogP contribution >= 0.6 is 0 Å². The first-order chi connectivity index (χ1) is 11.4. The highest BCUT2D eigenvalue weighted by Gasteiger charge is 2.16. The molecule has 2 rings (SSSR count). The second-order valence-electron chi connectivity index (χ2n) is 5.63. The van der Waals surface area contributed by atoms with Crippen molar-refractivity contribution in [3.8, 4) is 0 Å². The van der Waals surface area contributed by atoms with Gasteiger partial charge in [0.15, 0.2) is 5.82 Å². The summed E-state index contributed by atoms with van der Waals surface area (Å²) in [5.74, 6) is -0.265. The molecule has 6 nitrogen and oxygen atoms in total. The van der Waals surface area contributed by atoms with Crippen LogP contribution in [0.3, 0.4) is 0 Å². The Hall–Kier alpha value is -2.22. The molecule has 0 saturated heterocycles. The van der Waals surface area contributed by atoms with Gasteiger partial charge in [0.05, 0.1) is 17.1 Å². The molecule has 1 heterocycles. The fourth-order valence-corrected chi connectivity index (χ4v) is 2.58. The molecule has 0 bridgehead atoms. The fraction of sp³-hybridized carbons (Fsp3) is 0.500. The van der Waals surface area contributed by atoms with Gasteiger partial charge in [-0.2, -0.15) is 0 Å². The van der Waals surface area contributed by atoms with Crippen LogP contribution in [0.5, 0.6) is 0 Å². The second kappa shape index (κ2) is 8.05. The average molecular weight is 340 g/mol. The lowest BCUT2D eigenvalue weighted by molar-refractivity contribution is 0.104. The van der Waals surface area contributed by atoms with Gasteiger partial charge in [0, 0.05) is 12.2 Å². The van der Waals surface area contributed by atoms with Crippen LogP contribution in [0, 0.1) is 5.92 Å². The summed E-state index contributed by atoms with van der Waals surface area (Å²) in [7, 11) is 0. The second-order valence-corrected chi connectivity index (χ2v) is 5.63. The monoisotopic (exact) mass is 340 g/mol. The number of aliphatic hydroxyl groups excluding tert-OH is 1. The standard InChI is InChI=1S/C16H22F2N4O2/c1-3-9(4-2)13(23)8-19-16(24)20-10-5-6-11-12(7-10)22-15(21-11)14(17)18/h5-7,9,13-14,23H,3-4,8H2,1-2H3,(H,21,22)(H2,19,20,24). The number of H-pyrrole nitrogens is 1. The molecule has 132 valence electrons. The number of hydrogen-bond acceptors (Lipinski definition) is 3. The highest BCUT2D eigenvalue weighted by atomic mass is 19.3. The lowest BCUT2D eigenvalue weighted by Gasteiger charge is -2.20. The maximum Gasteiger partial charge on any atom is 0.319 e. The Morgan fingerprint density at radius 2 is 2.04 bits per heavy atom. The number of carbonyl (C=O) groups excluding carboxylic acids is 1.